The molecule has 1 amide bonds. The maximum atomic E-state index is 12.0. The SMILES string of the molecule is CC(C)(CCC1CCCC1C(C)(C)C)NC(=O)[C@@H](N)CC(=O)O. The summed E-state index contributed by atoms with van der Waals surface area (Å²) in [5, 5.41) is 11.6. The van der Waals surface area contributed by atoms with Crippen LogP contribution in [-0.2, 0) is 9.59 Å². The summed E-state index contributed by atoms with van der Waals surface area (Å²) in [5.41, 5.74) is 5.60. The largest absolute Gasteiger partial charge is 0.481 e. The molecule has 1 aliphatic rings. The summed E-state index contributed by atoms with van der Waals surface area (Å²) in [7, 11) is 0. The minimum absolute atomic E-state index is 0.332. The number of hydrogen-bond acceptors (Lipinski definition) is 3. The fourth-order valence-corrected chi connectivity index (χ4v) is 3.84. The van der Waals surface area contributed by atoms with E-state index in [0.29, 0.717) is 11.3 Å². The smallest absolute Gasteiger partial charge is 0.305 e. The highest BCUT2D eigenvalue weighted by atomic mass is 16.4. The molecule has 0 heterocycles. The average molecular weight is 326 g/mol. The first kappa shape index (κ1) is 19.9. The maximum absolute atomic E-state index is 12.0. The quantitative estimate of drug-likeness (QED) is 0.670. The molecule has 1 rings (SSSR count). The second-order valence-corrected chi connectivity index (χ2v) is 8.78. The first-order valence-corrected chi connectivity index (χ1v) is 8.72. The summed E-state index contributed by atoms with van der Waals surface area (Å²) in [5.74, 6) is 0.0164. The lowest BCUT2D eigenvalue weighted by Crippen LogP contribution is -2.51. The topological polar surface area (TPSA) is 92.4 Å². The third-order valence-corrected chi connectivity index (χ3v) is 5.10. The van der Waals surface area contributed by atoms with Crippen molar-refractivity contribution >= 4 is 11.9 Å². The second-order valence-electron chi connectivity index (χ2n) is 8.78. The van der Waals surface area contributed by atoms with E-state index in [1.807, 2.05) is 13.8 Å². The van der Waals surface area contributed by atoms with Crippen LogP contribution in [-0.4, -0.2) is 28.6 Å². The Labute approximate surface area is 140 Å². The van der Waals surface area contributed by atoms with Gasteiger partial charge in [-0.05, 0) is 50.4 Å². The number of nitrogens with two attached hydrogens (primary N) is 1. The van der Waals surface area contributed by atoms with Crippen molar-refractivity contribution in [2.75, 3.05) is 0 Å². The van der Waals surface area contributed by atoms with Gasteiger partial charge in [0.25, 0.3) is 0 Å². The Morgan fingerprint density at radius 3 is 2.35 bits per heavy atom. The van der Waals surface area contributed by atoms with Gasteiger partial charge in [0.1, 0.15) is 0 Å². The minimum Gasteiger partial charge on any atom is -0.481 e. The molecule has 0 bridgehead atoms. The summed E-state index contributed by atoms with van der Waals surface area (Å²) in [6.07, 6.45) is 5.49. The Bertz CT molecular complexity index is 426. The van der Waals surface area contributed by atoms with Crippen molar-refractivity contribution in [1.29, 1.82) is 0 Å². The van der Waals surface area contributed by atoms with Gasteiger partial charge in [0.05, 0.1) is 12.5 Å². The number of carbonyl (C=O) groups excluding carboxylic acids is 1. The van der Waals surface area contributed by atoms with Crippen LogP contribution < -0.4 is 11.1 Å². The van der Waals surface area contributed by atoms with Crippen LogP contribution in [0.2, 0.25) is 0 Å². The highest BCUT2D eigenvalue weighted by Gasteiger charge is 2.36. The van der Waals surface area contributed by atoms with E-state index in [2.05, 4.69) is 26.1 Å². The van der Waals surface area contributed by atoms with Gasteiger partial charge in [0.15, 0.2) is 0 Å². The molecule has 5 nitrogen and oxygen atoms in total. The van der Waals surface area contributed by atoms with Crippen molar-refractivity contribution in [2.24, 2.45) is 23.0 Å². The molecule has 23 heavy (non-hydrogen) atoms. The van der Waals surface area contributed by atoms with E-state index >= 15 is 0 Å². The van der Waals surface area contributed by atoms with E-state index < -0.39 is 12.0 Å². The van der Waals surface area contributed by atoms with Crippen LogP contribution in [0.5, 0.6) is 0 Å². The van der Waals surface area contributed by atoms with E-state index in [4.69, 9.17) is 10.8 Å². The third kappa shape index (κ3) is 6.50. The summed E-state index contributed by atoms with van der Waals surface area (Å²) in [6, 6.07) is -0.986. The fraction of sp³-hybridized carbons (Fsp3) is 0.889. The van der Waals surface area contributed by atoms with Gasteiger partial charge in [-0.25, -0.2) is 0 Å². The molecule has 1 fully saturated rings. The lowest BCUT2D eigenvalue weighted by atomic mass is 9.72. The van der Waals surface area contributed by atoms with Crippen LogP contribution >= 0.6 is 0 Å². The molecule has 3 atom stereocenters. The van der Waals surface area contributed by atoms with Gasteiger partial charge < -0.3 is 16.2 Å². The molecule has 1 saturated carbocycles. The summed E-state index contributed by atoms with van der Waals surface area (Å²) in [6.45, 7) is 10.9. The zero-order valence-electron chi connectivity index (χ0n) is 15.3. The number of carbonyl (C=O) groups is 2. The van der Waals surface area contributed by atoms with E-state index in [1.54, 1.807) is 0 Å². The van der Waals surface area contributed by atoms with Crippen molar-refractivity contribution in [3.8, 4) is 0 Å². The molecule has 134 valence electrons. The van der Waals surface area contributed by atoms with Gasteiger partial charge in [0.2, 0.25) is 5.91 Å². The number of rotatable bonds is 7. The molecule has 0 aliphatic heterocycles. The van der Waals surface area contributed by atoms with Crippen molar-refractivity contribution in [2.45, 2.75) is 84.7 Å². The summed E-state index contributed by atoms with van der Waals surface area (Å²) >= 11 is 0. The Morgan fingerprint density at radius 1 is 1.22 bits per heavy atom. The van der Waals surface area contributed by atoms with Gasteiger partial charge in [0, 0.05) is 5.54 Å². The van der Waals surface area contributed by atoms with Crippen molar-refractivity contribution in [3.05, 3.63) is 0 Å². The Morgan fingerprint density at radius 2 is 1.83 bits per heavy atom. The van der Waals surface area contributed by atoms with Crippen molar-refractivity contribution in [1.82, 2.24) is 5.32 Å². The normalized spacial score (nSPS) is 23.6. The molecule has 0 radical (unpaired) electrons. The lowest BCUT2D eigenvalue weighted by molar-refractivity contribution is -0.139. The Balaban J connectivity index is 2.52. The molecule has 0 aromatic rings. The number of amides is 1. The Hall–Kier alpha value is -1.10. The van der Waals surface area contributed by atoms with Gasteiger partial charge in [-0.2, -0.15) is 0 Å². The lowest BCUT2D eigenvalue weighted by Gasteiger charge is -2.35. The van der Waals surface area contributed by atoms with E-state index in [9.17, 15) is 9.59 Å². The minimum atomic E-state index is -1.05. The molecule has 2 unspecified atom stereocenters. The van der Waals surface area contributed by atoms with Crippen LogP contribution in [0.15, 0.2) is 0 Å². The zero-order chi connectivity index (χ0) is 17.8. The van der Waals surface area contributed by atoms with Gasteiger partial charge >= 0.3 is 5.97 Å². The summed E-state index contributed by atoms with van der Waals surface area (Å²) in [4.78, 5) is 22.7. The van der Waals surface area contributed by atoms with Crippen LogP contribution in [0, 0.1) is 17.3 Å². The number of carboxylic acid groups (broad SMARTS) is 1. The monoisotopic (exact) mass is 326 g/mol. The number of hydrogen-bond donors (Lipinski definition) is 3. The van der Waals surface area contributed by atoms with Crippen LogP contribution in [0.3, 0.4) is 0 Å². The predicted molar refractivity (Wildman–Crippen MR) is 92.0 cm³/mol. The molecular weight excluding hydrogens is 292 g/mol. The highest BCUT2D eigenvalue weighted by molar-refractivity contribution is 5.86. The fourth-order valence-electron chi connectivity index (χ4n) is 3.84. The van der Waals surface area contributed by atoms with Crippen LogP contribution in [0.1, 0.15) is 73.1 Å². The molecule has 5 heteroatoms. The van der Waals surface area contributed by atoms with Crippen molar-refractivity contribution in [3.63, 3.8) is 0 Å². The molecule has 4 N–H and O–H groups in total. The average Bonchev–Trinajstić information content (AvgIpc) is 2.83. The molecule has 0 saturated heterocycles. The molecule has 0 aromatic heterocycles. The number of aliphatic carboxylic acids is 1. The molecular formula is C18H34N2O3. The summed E-state index contributed by atoms with van der Waals surface area (Å²) < 4.78 is 0. The first-order chi connectivity index (χ1) is 10.4. The van der Waals surface area contributed by atoms with Crippen molar-refractivity contribution < 1.29 is 14.7 Å². The van der Waals surface area contributed by atoms with Gasteiger partial charge in [-0.15, -0.1) is 0 Å². The number of nitrogens with one attached hydrogen (secondary N) is 1. The third-order valence-electron chi connectivity index (χ3n) is 5.10. The van der Waals surface area contributed by atoms with E-state index in [-0.39, 0.29) is 17.9 Å². The predicted octanol–water partition coefficient (Wildman–Crippen LogP) is 2.93. The Kier molecular flexibility index (Phi) is 6.63. The van der Waals surface area contributed by atoms with Crippen LogP contribution in [0.4, 0.5) is 0 Å². The first-order valence-electron chi connectivity index (χ1n) is 8.72. The van der Waals surface area contributed by atoms with E-state index in [0.717, 1.165) is 18.8 Å². The van der Waals surface area contributed by atoms with Gasteiger partial charge in [-0.3, -0.25) is 9.59 Å². The zero-order valence-corrected chi connectivity index (χ0v) is 15.3. The molecule has 0 aromatic carbocycles. The van der Waals surface area contributed by atoms with Crippen LogP contribution in [0.25, 0.3) is 0 Å². The second kappa shape index (κ2) is 7.65. The highest BCUT2D eigenvalue weighted by Crippen LogP contribution is 2.45. The van der Waals surface area contributed by atoms with E-state index in [1.165, 1.54) is 19.3 Å². The standard InChI is InChI=1S/C18H34N2O3/c1-17(2,3)13-8-6-7-12(13)9-10-18(4,5)20-16(23)14(19)11-15(21)22/h12-14H,6-11,19H2,1-5H3,(H,20,23)(H,21,22)/t12?,13?,14-/m0/s1. The molecule has 1 aliphatic carbocycles. The maximum Gasteiger partial charge on any atom is 0.305 e. The van der Waals surface area contributed by atoms with Gasteiger partial charge in [-0.1, -0.05) is 33.6 Å². The number of carboxylic acids is 1. The molecule has 0 spiro atoms.